The molecule has 2 saturated heterocycles. The minimum absolute atomic E-state index is 0.0170. The summed E-state index contributed by atoms with van der Waals surface area (Å²) in [5.74, 6) is 1.76. The summed E-state index contributed by atoms with van der Waals surface area (Å²) < 4.78 is 20.8. The van der Waals surface area contributed by atoms with Gasteiger partial charge >= 0.3 is 0 Å². The molecule has 5 heteroatoms. The molecule has 0 saturated carbocycles. The maximum absolute atomic E-state index is 14.5. The van der Waals surface area contributed by atoms with Gasteiger partial charge in [0.05, 0.1) is 17.6 Å². The molecule has 1 aromatic rings. The van der Waals surface area contributed by atoms with Gasteiger partial charge in [0, 0.05) is 51.0 Å². The highest BCUT2D eigenvalue weighted by atomic mass is 19.1. The number of allylic oxidation sites excluding steroid dienone is 5. The maximum atomic E-state index is 14.5. The Hall–Kier alpha value is -2.30. The highest BCUT2D eigenvalue weighted by Gasteiger charge is 2.30. The molecular formula is C25H34FN3O. The number of anilines is 1. The maximum Gasteiger partial charge on any atom is 0.213 e. The molecule has 0 aromatic carbocycles. The molecule has 162 valence electrons. The van der Waals surface area contributed by atoms with E-state index in [0.29, 0.717) is 18.2 Å². The number of hydrogen-bond donors (Lipinski definition) is 0. The normalized spacial score (nSPS) is 27.7. The number of aromatic nitrogens is 1. The third-order valence-electron chi connectivity index (χ3n) is 6.56. The van der Waals surface area contributed by atoms with Crippen molar-refractivity contribution in [1.82, 2.24) is 9.88 Å². The predicted octanol–water partition coefficient (Wildman–Crippen LogP) is 5.49. The zero-order valence-corrected chi connectivity index (χ0v) is 18.5. The molecule has 2 fully saturated rings. The predicted molar refractivity (Wildman–Crippen MR) is 120 cm³/mol. The average Bonchev–Trinajstić information content (AvgIpc) is 3.18. The van der Waals surface area contributed by atoms with E-state index >= 15 is 0 Å². The van der Waals surface area contributed by atoms with Crippen LogP contribution in [-0.4, -0.2) is 42.2 Å². The van der Waals surface area contributed by atoms with Crippen LogP contribution in [0.5, 0.6) is 5.88 Å². The second kappa shape index (κ2) is 9.23. The second-order valence-electron chi connectivity index (χ2n) is 9.07. The molecule has 3 heterocycles. The SMILES string of the molecule is CC=CC1=CC(N2CCC(Oc3ccc(N4CCC(C)C4)cn3)C(C)C2)=C(F)CC1. The van der Waals surface area contributed by atoms with Crippen molar-refractivity contribution in [2.75, 3.05) is 31.1 Å². The summed E-state index contributed by atoms with van der Waals surface area (Å²) in [7, 11) is 0. The van der Waals surface area contributed by atoms with E-state index in [0.717, 1.165) is 50.6 Å². The number of ether oxygens (including phenoxy) is 1. The number of pyridine rings is 1. The fourth-order valence-electron chi connectivity index (χ4n) is 4.79. The van der Waals surface area contributed by atoms with Crippen molar-refractivity contribution in [2.45, 2.75) is 52.6 Å². The van der Waals surface area contributed by atoms with Gasteiger partial charge in [-0.3, -0.25) is 0 Å². The Balaban J connectivity index is 1.36. The molecule has 0 N–H and O–H groups in total. The van der Waals surface area contributed by atoms with Crippen molar-refractivity contribution >= 4 is 5.69 Å². The van der Waals surface area contributed by atoms with Gasteiger partial charge in [0.2, 0.25) is 5.88 Å². The van der Waals surface area contributed by atoms with Crippen LogP contribution in [0, 0.1) is 11.8 Å². The summed E-state index contributed by atoms with van der Waals surface area (Å²) in [5.41, 5.74) is 3.15. The third kappa shape index (κ3) is 4.71. The first-order chi connectivity index (χ1) is 14.5. The molecule has 0 amide bonds. The quantitative estimate of drug-likeness (QED) is 0.640. The molecule has 0 spiro atoms. The largest absolute Gasteiger partial charge is 0.474 e. The van der Waals surface area contributed by atoms with Crippen molar-refractivity contribution in [3.8, 4) is 5.88 Å². The molecule has 3 atom stereocenters. The number of hydrogen-bond acceptors (Lipinski definition) is 4. The zero-order valence-electron chi connectivity index (χ0n) is 18.5. The van der Waals surface area contributed by atoms with Crippen LogP contribution >= 0.6 is 0 Å². The van der Waals surface area contributed by atoms with Gasteiger partial charge in [-0.05, 0) is 43.4 Å². The molecule has 0 radical (unpaired) electrons. The van der Waals surface area contributed by atoms with Gasteiger partial charge in [0.15, 0.2) is 0 Å². The van der Waals surface area contributed by atoms with E-state index in [4.69, 9.17) is 4.74 Å². The molecule has 4 rings (SSSR count). The first kappa shape index (κ1) is 21.0. The Kier molecular flexibility index (Phi) is 6.45. The molecule has 4 nitrogen and oxygen atoms in total. The van der Waals surface area contributed by atoms with Crippen LogP contribution in [0.2, 0.25) is 0 Å². The van der Waals surface area contributed by atoms with Crippen molar-refractivity contribution in [3.63, 3.8) is 0 Å². The fourth-order valence-corrected chi connectivity index (χ4v) is 4.79. The second-order valence-corrected chi connectivity index (χ2v) is 9.07. The number of nitrogens with zero attached hydrogens (tertiary/aromatic N) is 3. The highest BCUT2D eigenvalue weighted by molar-refractivity contribution is 5.46. The van der Waals surface area contributed by atoms with Crippen LogP contribution in [0.4, 0.5) is 10.1 Å². The summed E-state index contributed by atoms with van der Waals surface area (Å²) in [6.07, 6.45) is 11.6. The summed E-state index contributed by atoms with van der Waals surface area (Å²) in [4.78, 5) is 9.15. The van der Waals surface area contributed by atoms with Gasteiger partial charge in [-0.15, -0.1) is 0 Å². The monoisotopic (exact) mass is 411 g/mol. The fraction of sp³-hybridized carbons (Fsp3) is 0.560. The van der Waals surface area contributed by atoms with Crippen LogP contribution in [0.15, 0.2) is 53.7 Å². The molecule has 3 aliphatic rings. The van der Waals surface area contributed by atoms with Crippen molar-refractivity contribution in [3.05, 3.63) is 53.7 Å². The molecular weight excluding hydrogens is 377 g/mol. The van der Waals surface area contributed by atoms with Crippen molar-refractivity contribution < 1.29 is 9.13 Å². The molecule has 30 heavy (non-hydrogen) atoms. The van der Waals surface area contributed by atoms with E-state index in [1.165, 1.54) is 17.7 Å². The first-order valence-corrected chi connectivity index (χ1v) is 11.4. The Bertz CT molecular complexity index is 829. The topological polar surface area (TPSA) is 28.6 Å². The first-order valence-electron chi connectivity index (χ1n) is 11.4. The Labute approximate surface area is 180 Å². The van der Waals surface area contributed by atoms with Gasteiger partial charge in [-0.25, -0.2) is 9.37 Å². The summed E-state index contributed by atoms with van der Waals surface area (Å²) in [5, 5.41) is 0. The average molecular weight is 412 g/mol. The van der Waals surface area contributed by atoms with Gasteiger partial charge in [0.1, 0.15) is 11.9 Å². The summed E-state index contributed by atoms with van der Waals surface area (Å²) in [6, 6.07) is 4.11. The van der Waals surface area contributed by atoms with E-state index < -0.39 is 0 Å². The summed E-state index contributed by atoms with van der Waals surface area (Å²) in [6.45, 7) is 10.3. The van der Waals surface area contributed by atoms with Crippen LogP contribution in [0.1, 0.15) is 46.5 Å². The zero-order chi connectivity index (χ0) is 21.1. The lowest BCUT2D eigenvalue weighted by atomic mass is 9.94. The number of rotatable bonds is 5. The Morgan fingerprint density at radius 2 is 1.93 bits per heavy atom. The number of likely N-dealkylation sites (tertiary alicyclic amines) is 1. The molecule has 3 unspecified atom stereocenters. The van der Waals surface area contributed by atoms with Gasteiger partial charge in [-0.2, -0.15) is 0 Å². The van der Waals surface area contributed by atoms with Crippen LogP contribution < -0.4 is 9.64 Å². The van der Waals surface area contributed by atoms with Crippen LogP contribution in [-0.2, 0) is 0 Å². The van der Waals surface area contributed by atoms with E-state index in [-0.39, 0.29) is 11.9 Å². The van der Waals surface area contributed by atoms with E-state index in [9.17, 15) is 4.39 Å². The van der Waals surface area contributed by atoms with Crippen LogP contribution in [0.3, 0.4) is 0 Å². The summed E-state index contributed by atoms with van der Waals surface area (Å²) >= 11 is 0. The van der Waals surface area contributed by atoms with Gasteiger partial charge < -0.3 is 14.5 Å². The van der Waals surface area contributed by atoms with E-state index in [2.05, 4.69) is 40.8 Å². The number of piperidine rings is 1. The lowest BCUT2D eigenvalue weighted by Gasteiger charge is -2.39. The third-order valence-corrected chi connectivity index (χ3v) is 6.56. The number of halogens is 1. The lowest BCUT2D eigenvalue weighted by Crippen LogP contribution is -2.44. The van der Waals surface area contributed by atoms with Gasteiger partial charge in [0.25, 0.3) is 0 Å². The van der Waals surface area contributed by atoms with Crippen LogP contribution in [0.25, 0.3) is 0 Å². The Morgan fingerprint density at radius 3 is 2.60 bits per heavy atom. The minimum Gasteiger partial charge on any atom is -0.474 e. The Morgan fingerprint density at radius 1 is 1.10 bits per heavy atom. The lowest BCUT2D eigenvalue weighted by molar-refractivity contribution is 0.0635. The minimum atomic E-state index is 0.0170. The van der Waals surface area contributed by atoms with Crippen molar-refractivity contribution in [1.29, 1.82) is 0 Å². The van der Waals surface area contributed by atoms with E-state index in [1.54, 1.807) is 0 Å². The smallest absolute Gasteiger partial charge is 0.213 e. The standard InChI is InChI=1S/C25H34FN3O/c1-4-5-20-6-8-22(26)23(14-20)29-13-11-24(19(3)17-29)30-25-9-7-21(15-27-25)28-12-10-18(2)16-28/h4-5,7,9,14-15,18-19,24H,6,8,10-13,16-17H2,1-3H3. The molecule has 1 aliphatic carbocycles. The molecule has 0 bridgehead atoms. The highest BCUT2D eigenvalue weighted by Crippen LogP contribution is 2.32. The molecule has 1 aromatic heterocycles. The van der Waals surface area contributed by atoms with E-state index in [1.807, 2.05) is 31.3 Å². The van der Waals surface area contributed by atoms with Gasteiger partial charge in [-0.1, -0.05) is 26.0 Å². The molecule has 2 aliphatic heterocycles. The van der Waals surface area contributed by atoms with Crippen molar-refractivity contribution in [2.24, 2.45) is 11.8 Å².